The largest absolute Gasteiger partial charge is 0.301 e. The van der Waals surface area contributed by atoms with Crippen LogP contribution in [0.15, 0.2) is 34.2 Å². The SMILES string of the molecule is CCc1nc(SC)[nH]c(=O)c1Cc1cccc(C)c1. The highest BCUT2D eigenvalue weighted by atomic mass is 32.2. The number of hydrogen-bond acceptors (Lipinski definition) is 3. The molecular formula is C15H18N2OS. The molecule has 0 radical (unpaired) electrons. The van der Waals surface area contributed by atoms with E-state index in [2.05, 4.69) is 29.0 Å². The molecule has 2 aromatic rings. The molecule has 0 saturated heterocycles. The van der Waals surface area contributed by atoms with E-state index in [1.807, 2.05) is 25.3 Å². The van der Waals surface area contributed by atoms with Crippen molar-refractivity contribution in [3.05, 3.63) is 57.0 Å². The predicted octanol–water partition coefficient (Wildman–Crippen LogP) is 2.95. The summed E-state index contributed by atoms with van der Waals surface area (Å²) in [5.74, 6) is 0. The Balaban J connectivity index is 2.42. The molecule has 0 amide bonds. The van der Waals surface area contributed by atoms with Crippen molar-refractivity contribution in [3.8, 4) is 0 Å². The van der Waals surface area contributed by atoms with E-state index in [0.29, 0.717) is 11.6 Å². The molecule has 1 heterocycles. The quantitative estimate of drug-likeness (QED) is 0.688. The van der Waals surface area contributed by atoms with Crippen molar-refractivity contribution >= 4 is 11.8 Å². The Morgan fingerprint density at radius 3 is 2.79 bits per heavy atom. The van der Waals surface area contributed by atoms with E-state index in [1.165, 1.54) is 17.3 Å². The number of H-pyrrole nitrogens is 1. The first-order valence-corrected chi connectivity index (χ1v) is 7.58. The predicted molar refractivity (Wildman–Crippen MR) is 80.0 cm³/mol. The van der Waals surface area contributed by atoms with Crippen molar-refractivity contribution in [1.82, 2.24) is 9.97 Å². The average Bonchev–Trinajstić information content (AvgIpc) is 2.40. The van der Waals surface area contributed by atoms with Gasteiger partial charge in [0.1, 0.15) is 0 Å². The van der Waals surface area contributed by atoms with Gasteiger partial charge in [0, 0.05) is 12.0 Å². The van der Waals surface area contributed by atoms with Gasteiger partial charge in [-0.15, -0.1) is 0 Å². The Hall–Kier alpha value is -1.55. The summed E-state index contributed by atoms with van der Waals surface area (Å²) >= 11 is 1.46. The van der Waals surface area contributed by atoms with Crippen molar-refractivity contribution in [2.75, 3.05) is 6.26 Å². The van der Waals surface area contributed by atoms with Crippen LogP contribution in [0, 0.1) is 6.92 Å². The molecule has 0 saturated carbocycles. The second-order valence-electron chi connectivity index (χ2n) is 4.52. The lowest BCUT2D eigenvalue weighted by molar-refractivity contribution is 0.833. The third-order valence-corrected chi connectivity index (χ3v) is 3.65. The fraction of sp³-hybridized carbons (Fsp3) is 0.333. The summed E-state index contributed by atoms with van der Waals surface area (Å²) < 4.78 is 0. The van der Waals surface area contributed by atoms with Crippen LogP contribution in [0.5, 0.6) is 0 Å². The number of nitrogens with zero attached hydrogens (tertiary/aromatic N) is 1. The molecule has 0 atom stereocenters. The molecule has 1 N–H and O–H groups in total. The molecular weight excluding hydrogens is 256 g/mol. The summed E-state index contributed by atoms with van der Waals surface area (Å²) in [6.45, 7) is 4.09. The van der Waals surface area contributed by atoms with E-state index in [9.17, 15) is 4.79 Å². The maximum atomic E-state index is 12.2. The van der Waals surface area contributed by atoms with Gasteiger partial charge in [0.15, 0.2) is 5.16 Å². The Labute approximate surface area is 117 Å². The highest BCUT2D eigenvalue weighted by Crippen LogP contribution is 2.14. The van der Waals surface area contributed by atoms with Crippen LogP contribution >= 0.6 is 11.8 Å². The normalized spacial score (nSPS) is 10.7. The maximum absolute atomic E-state index is 12.2. The first-order valence-electron chi connectivity index (χ1n) is 6.35. The smallest absolute Gasteiger partial charge is 0.255 e. The lowest BCUT2D eigenvalue weighted by Gasteiger charge is -2.08. The number of aryl methyl sites for hydroxylation is 2. The zero-order valence-electron chi connectivity index (χ0n) is 11.5. The molecule has 1 aromatic carbocycles. The first kappa shape index (κ1) is 13.9. The van der Waals surface area contributed by atoms with Crippen LogP contribution in [-0.4, -0.2) is 16.2 Å². The molecule has 2 rings (SSSR count). The van der Waals surface area contributed by atoms with Gasteiger partial charge in [0.05, 0.1) is 5.69 Å². The third kappa shape index (κ3) is 3.26. The fourth-order valence-corrected chi connectivity index (χ4v) is 2.52. The van der Waals surface area contributed by atoms with E-state index >= 15 is 0 Å². The number of thioether (sulfide) groups is 1. The molecule has 0 spiro atoms. The van der Waals surface area contributed by atoms with Crippen LogP contribution in [0.2, 0.25) is 0 Å². The van der Waals surface area contributed by atoms with Crippen molar-refractivity contribution in [2.24, 2.45) is 0 Å². The zero-order valence-corrected chi connectivity index (χ0v) is 12.3. The lowest BCUT2D eigenvalue weighted by atomic mass is 10.0. The molecule has 100 valence electrons. The molecule has 19 heavy (non-hydrogen) atoms. The van der Waals surface area contributed by atoms with Crippen molar-refractivity contribution in [2.45, 2.75) is 31.8 Å². The minimum absolute atomic E-state index is 0.0160. The zero-order chi connectivity index (χ0) is 13.8. The average molecular weight is 274 g/mol. The van der Waals surface area contributed by atoms with Crippen LogP contribution in [-0.2, 0) is 12.8 Å². The first-order chi connectivity index (χ1) is 9.13. The van der Waals surface area contributed by atoms with Gasteiger partial charge in [-0.3, -0.25) is 4.79 Å². The number of benzene rings is 1. The van der Waals surface area contributed by atoms with Crippen LogP contribution in [0.4, 0.5) is 0 Å². The maximum Gasteiger partial charge on any atom is 0.255 e. The van der Waals surface area contributed by atoms with E-state index in [1.54, 1.807) is 0 Å². The molecule has 0 unspecified atom stereocenters. The highest BCUT2D eigenvalue weighted by Gasteiger charge is 2.10. The Morgan fingerprint density at radius 1 is 1.37 bits per heavy atom. The van der Waals surface area contributed by atoms with Gasteiger partial charge >= 0.3 is 0 Å². The highest BCUT2D eigenvalue weighted by molar-refractivity contribution is 7.98. The molecule has 0 aliphatic heterocycles. The molecule has 1 aromatic heterocycles. The van der Waals surface area contributed by atoms with Gasteiger partial charge in [-0.2, -0.15) is 0 Å². The van der Waals surface area contributed by atoms with Crippen molar-refractivity contribution in [3.63, 3.8) is 0 Å². The molecule has 0 fully saturated rings. The van der Waals surface area contributed by atoms with E-state index in [0.717, 1.165) is 23.2 Å². The van der Waals surface area contributed by atoms with Gasteiger partial charge in [0.2, 0.25) is 0 Å². The van der Waals surface area contributed by atoms with Crippen LogP contribution in [0.3, 0.4) is 0 Å². The van der Waals surface area contributed by atoms with E-state index in [4.69, 9.17) is 0 Å². The topological polar surface area (TPSA) is 45.8 Å². The van der Waals surface area contributed by atoms with E-state index in [-0.39, 0.29) is 5.56 Å². The summed E-state index contributed by atoms with van der Waals surface area (Å²) in [4.78, 5) is 19.5. The van der Waals surface area contributed by atoms with Gasteiger partial charge < -0.3 is 4.98 Å². The summed E-state index contributed by atoms with van der Waals surface area (Å²) in [6.07, 6.45) is 3.33. The van der Waals surface area contributed by atoms with Gasteiger partial charge in [-0.05, 0) is 25.2 Å². The summed E-state index contributed by atoms with van der Waals surface area (Å²) in [5, 5.41) is 0.690. The van der Waals surface area contributed by atoms with Crippen molar-refractivity contribution < 1.29 is 0 Å². The minimum atomic E-state index is -0.0160. The lowest BCUT2D eigenvalue weighted by Crippen LogP contribution is -2.18. The minimum Gasteiger partial charge on any atom is -0.301 e. The van der Waals surface area contributed by atoms with Crippen LogP contribution in [0.25, 0.3) is 0 Å². The summed E-state index contributed by atoms with van der Waals surface area (Å²) in [5.41, 5.74) is 4.03. The van der Waals surface area contributed by atoms with E-state index < -0.39 is 0 Å². The summed E-state index contributed by atoms with van der Waals surface area (Å²) in [7, 11) is 0. The molecule has 4 heteroatoms. The number of rotatable bonds is 4. The second-order valence-corrected chi connectivity index (χ2v) is 5.31. The standard InChI is InChI=1S/C15H18N2OS/c1-4-13-12(14(18)17-15(16-13)19-3)9-11-7-5-6-10(2)8-11/h5-8H,4,9H2,1-3H3,(H,16,17,18). The number of hydrogen-bond donors (Lipinski definition) is 1. The van der Waals surface area contributed by atoms with Gasteiger partial charge in [-0.1, -0.05) is 48.5 Å². The monoisotopic (exact) mass is 274 g/mol. The number of nitrogens with one attached hydrogen (secondary N) is 1. The summed E-state index contributed by atoms with van der Waals surface area (Å²) in [6, 6.07) is 8.24. The fourth-order valence-electron chi connectivity index (χ4n) is 2.12. The molecule has 0 aliphatic rings. The Kier molecular flexibility index (Phi) is 4.43. The Morgan fingerprint density at radius 2 is 2.16 bits per heavy atom. The van der Waals surface area contributed by atoms with Crippen LogP contribution in [0.1, 0.15) is 29.3 Å². The van der Waals surface area contributed by atoms with Gasteiger partial charge in [0.25, 0.3) is 5.56 Å². The molecule has 0 bridgehead atoms. The molecule has 0 aliphatic carbocycles. The molecule has 3 nitrogen and oxygen atoms in total. The van der Waals surface area contributed by atoms with Crippen LogP contribution < -0.4 is 5.56 Å². The van der Waals surface area contributed by atoms with Crippen molar-refractivity contribution in [1.29, 1.82) is 0 Å². The number of aromatic amines is 1. The third-order valence-electron chi connectivity index (χ3n) is 3.07. The van der Waals surface area contributed by atoms with Gasteiger partial charge in [-0.25, -0.2) is 4.98 Å². The second kappa shape index (κ2) is 6.06. The Bertz CT molecular complexity index is 634. The number of aromatic nitrogens is 2.